The Hall–Kier alpha value is -4.08. The van der Waals surface area contributed by atoms with E-state index in [1.165, 1.54) is 11.1 Å². The molecule has 0 bridgehead atoms. The predicted molar refractivity (Wildman–Crippen MR) is 182 cm³/mol. The van der Waals surface area contributed by atoms with Crippen molar-refractivity contribution in [3.8, 4) is 11.5 Å². The molecule has 6 heteroatoms. The number of hydrogen-bond donors (Lipinski definition) is 0. The number of aromatic nitrogens is 1. The van der Waals surface area contributed by atoms with Gasteiger partial charge in [-0.1, -0.05) is 71.5 Å². The maximum absolute atomic E-state index is 6.40. The van der Waals surface area contributed by atoms with Crippen LogP contribution in [0.3, 0.4) is 0 Å². The van der Waals surface area contributed by atoms with Crippen molar-refractivity contribution in [3.05, 3.63) is 133 Å². The standard InChI is InChI=1S/C39H39N4O.Pt/c1-38(2,3)28-19-20-35-36(23-28)42(27-41(35)7)31-15-11-17-33(25-31)44-34-18-12-16-32(26-34)43(30-13-9-8-10-14-30)37-24-29(21-22-40-37)39(4,5)6;/h8-24,27H,1-7H3;/q-3;. The third kappa shape index (κ3) is 6.94. The number of ether oxygens (including phenoxy) is 1. The molecule has 0 saturated heterocycles. The van der Waals surface area contributed by atoms with Gasteiger partial charge in [0.1, 0.15) is 5.82 Å². The van der Waals surface area contributed by atoms with Crippen molar-refractivity contribution in [1.29, 1.82) is 0 Å². The van der Waals surface area contributed by atoms with E-state index < -0.39 is 0 Å². The Morgan fingerprint density at radius 1 is 0.711 bits per heavy atom. The fourth-order valence-electron chi connectivity index (χ4n) is 5.33. The topological polar surface area (TPSA) is 31.8 Å². The van der Waals surface area contributed by atoms with E-state index >= 15 is 0 Å². The molecule has 0 amide bonds. The van der Waals surface area contributed by atoms with Crippen LogP contribution in [0, 0.1) is 18.8 Å². The van der Waals surface area contributed by atoms with Gasteiger partial charge >= 0.3 is 0 Å². The van der Waals surface area contributed by atoms with Crippen molar-refractivity contribution in [2.45, 2.75) is 52.4 Å². The van der Waals surface area contributed by atoms with Crippen LogP contribution in [-0.2, 0) is 31.9 Å². The van der Waals surface area contributed by atoms with Gasteiger partial charge in [-0.05, 0) is 65.4 Å². The fourth-order valence-corrected chi connectivity index (χ4v) is 5.33. The SMILES string of the molecule is CN1[CH-]N(c2[c-]c(Oc3[c-]c(N(c4ccccc4)c4cc(C(C)(C)C)ccn4)ccc3)ccc2)c2cc(C(C)(C)C)ccc21.[Pt]. The van der Waals surface area contributed by atoms with Crippen LogP contribution < -0.4 is 19.4 Å². The summed E-state index contributed by atoms with van der Waals surface area (Å²) < 4.78 is 6.40. The number of pyridine rings is 1. The van der Waals surface area contributed by atoms with Gasteiger partial charge in [-0.2, -0.15) is 18.8 Å². The normalized spacial score (nSPS) is 12.9. The van der Waals surface area contributed by atoms with Crippen LogP contribution in [0.1, 0.15) is 52.7 Å². The molecule has 0 fully saturated rings. The summed E-state index contributed by atoms with van der Waals surface area (Å²) in [5.74, 6) is 2.04. The molecule has 6 rings (SSSR count). The number of anilines is 6. The van der Waals surface area contributed by atoms with Crippen molar-refractivity contribution in [1.82, 2.24) is 4.98 Å². The molecule has 234 valence electrons. The number of hydrogen-bond acceptors (Lipinski definition) is 5. The first kappa shape index (κ1) is 32.3. The summed E-state index contributed by atoms with van der Waals surface area (Å²) in [6.07, 6.45) is 1.88. The average Bonchev–Trinajstić information content (AvgIpc) is 3.33. The second-order valence-corrected chi connectivity index (χ2v) is 13.3. The van der Waals surface area contributed by atoms with Gasteiger partial charge in [-0.3, -0.25) is 0 Å². The molecule has 1 aliphatic rings. The van der Waals surface area contributed by atoms with Crippen molar-refractivity contribution >= 4 is 34.3 Å². The number of rotatable bonds is 6. The first-order valence-corrected chi connectivity index (χ1v) is 15.0. The molecule has 0 unspecified atom stereocenters. The molecule has 0 saturated carbocycles. The van der Waals surface area contributed by atoms with Gasteiger partial charge in [0, 0.05) is 55.8 Å². The van der Waals surface area contributed by atoms with Crippen molar-refractivity contribution < 1.29 is 25.8 Å². The van der Waals surface area contributed by atoms with Crippen LogP contribution in [0.15, 0.2) is 103 Å². The van der Waals surface area contributed by atoms with Gasteiger partial charge in [0.25, 0.3) is 0 Å². The second kappa shape index (κ2) is 12.7. The van der Waals surface area contributed by atoms with Gasteiger partial charge in [-0.25, -0.2) is 4.98 Å². The van der Waals surface area contributed by atoms with Crippen LogP contribution in [0.4, 0.5) is 34.3 Å². The smallest absolute Gasteiger partial charge is 0.135 e. The zero-order valence-corrected chi connectivity index (χ0v) is 29.2. The monoisotopic (exact) mass is 774 g/mol. The summed E-state index contributed by atoms with van der Waals surface area (Å²) in [5, 5.41) is 0. The minimum atomic E-state index is -0.00796. The van der Waals surface area contributed by atoms with E-state index in [0.29, 0.717) is 11.5 Å². The summed E-state index contributed by atoms with van der Waals surface area (Å²) in [6.45, 7) is 15.4. The summed E-state index contributed by atoms with van der Waals surface area (Å²) >= 11 is 0. The van der Waals surface area contributed by atoms with Crippen LogP contribution >= 0.6 is 0 Å². The van der Waals surface area contributed by atoms with Crippen LogP contribution in [-0.4, -0.2) is 12.0 Å². The Morgan fingerprint density at radius 2 is 1.38 bits per heavy atom. The molecule has 1 aliphatic heterocycles. The molecular weight excluding hydrogens is 736 g/mol. The molecule has 45 heavy (non-hydrogen) atoms. The van der Waals surface area contributed by atoms with E-state index in [-0.39, 0.29) is 31.9 Å². The maximum atomic E-state index is 6.40. The molecule has 0 radical (unpaired) electrons. The third-order valence-corrected chi connectivity index (χ3v) is 7.85. The molecule has 0 spiro atoms. The van der Waals surface area contributed by atoms with Gasteiger partial charge in [0.2, 0.25) is 0 Å². The summed E-state index contributed by atoms with van der Waals surface area (Å²) in [6, 6.07) is 40.1. The summed E-state index contributed by atoms with van der Waals surface area (Å²) in [5.41, 5.74) is 7.56. The van der Waals surface area contributed by atoms with Gasteiger partial charge in [-0.15, -0.1) is 42.1 Å². The third-order valence-electron chi connectivity index (χ3n) is 7.85. The first-order chi connectivity index (χ1) is 21.0. The molecule has 1 aromatic heterocycles. The molecule has 4 aromatic carbocycles. The minimum Gasteiger partial charge on any atom is -0.509 e. The number of fused-ring (bicyclic) bond motifs is 1. The van der Waals surface area contributed by atoms with Gasteiger partial charge in [0.05, 0.1) is 0 Å². The minimum absolute atomic E-state index is 0. The van der Waals surface area contributed by atoms with Crippen molar-refractivity contribution in [2.24, 2.45) is 0 Å². The first-order valence-electron chi connectivity index (χ1n) is 15.0. The summed E-state index contributed by atoms with van der Waals surface area (Å²) in [4.78, 5) is 11.2. The molecule has 2 heterocycles. The molecule has 0 N–H and O–H groups in total. The number of nitrogens with zero attached hydrogens (tertiary/aromatic N) is 4. The second-order valence-electron chi connectivity index (χ2n) is 13.3. The number of benzene rings is 4. The van der Waals surface area contributed by atoms with Gasteiger partial charge < -0.3 is 19.4 Å². The van der Waals surface area contributed by atoms with Crippen molar-refractivity contribution in [2.75, 3.05) is 21.7 Å². The maximum Gasteiger partial charge on any atom is 0.135 e. The number of para-hydroxylation sites is 1. The van der Waals surface area contributed by atoms with Crippen LogP contribution in [0.5, 0.6) is 11.5 Å². The zero-order valence-electron chi connectivity index (χ0n) is 26.9. The Morgan fingerprint density at radius 3 is 2.09 bits per heavy atom. The van der Waals surface area contributed by atoms with E-state index in [0.717, 1.165) is 34.3 Å². The van der Waals surface area contributed by atoms with Crippen LogP contribution in [0.25, 0.3) is 0 Å². The van der Waals surface area contributed by atoms with E-state index in [2.05, 4.69) is 131 Å². The Bertz CT molecular complexity index is 1770. The van der Waals surface area contributed by atoms with Crippen molar-refractivity contribution in [3.63, 3.8) is 0 Å². The van der Waals surface area contributed by atoms with Crippen LogP contribution in [0.2, 0.25) is 0 Å². The quantitative estimate of drug-likeness (QED) is 0.161. The molecule has 0 atom stereocenters. The average molecular weight is 775 g/mol. The Balaban J connectivity index is 0.00000400. The zero-order chi connectivity index (χ0) is 31.1. The Labute approximate surface area is 282 Å². The van der Waals surface area contributed by atoms with E-state index in [1.807, 2.05) is 54.7 Å². The fraction of sp³-hybridized carbons (Fsp3) is 0.231. The van der Waals surface area contributed by atoms with E-state index in [1.54, 1.807) is 0 Å². The molecule has 5 nitrogen and oxygen atoms in total. The molecular formula is C39H39N4OPt-3. The largest absolute Gasteiger partial charge is 0.509 e. The van der Waals surface area contributed by atoms with Gasteiger partial charge in [0.15, 0.2) is 0 Å². The van der Waals surface area contributed by atoms with E-state index in [9.17, 15) is 0 Å². The van der Waals surface area contributed by atoms with E-state index in [4.69, 9.17) is 9.72 Å². The predicted octanol–water partition coefficient (Wildman–Crippen LogP) is 10.2. The molecule has 5 aromatic rings. The summed E-state index contributed by atoms with van der Waals surface area (Å²) in [7, 11) is 2.07. The Kier molecular flexibility index (Phi) is 9.14. The molecule has 0 aliphatic carbocycles.